The Balaban J connectivity index is 2.11. The molecule has 7 nitrogen and oxygen atoms in total. The summed E-state index contributed by atoms with van der Waals surface area (Å²) >= 11 is 3.38. The molecular weight excluding hydrogens is 424 g/mol. The Morgan fingerprint density at radius 2 is 1.92 bits per heavy atom. The first kappa shape index (κ1) is 20.7. The first-order valence-corrected chi connectivity index (χ1v) is 10.9. The fourth-order valence-electron chi connectivity index (χ4n) is 2.94. The number of hydrogen-bond acceptors (Lipinski definition) is 5. The molecule has 1 saturated heterocycles. The molecule has 0 aliphatic carbocycles. The van der Waals surface area contributed by atoms with Gasteiger partial charge in [-0.1, -0.05) is 15.9 Å². The first-order chi connectivity index (χ1) is 12.1. The van der Waals surface area contributed by atoms with Gasteiger partial charge in [-0.15, -0.1) is 0 Å². The number of nitrogens with zero attached hydrogens (tertiary/aromatic N) is 2. The van der Waals surface area contributed by atoms with Crippen molar-refractivity contribution >= 4 is 43.5 Å². The highest BCUT2D eigenvalue weighted by molar-refractivity contribution is 9.10. The fourth-order valence-corrected chi connectivity index (χ4v) is 4.03. The number of carbonyl (C=O) groups is 2. The number of hydrogen-bond donors (Lipinski definition) is 0. The lowest BCUT2D eigenvalue weighted by atomic mass is 9.97. The van der Waals surface area contributed by atoms with E-state index in [-0.39, 0.29) is 24.3 Å². The summed E-state index contributed by atoms with van der Waals surface area (Å²) in [4.78, 5) is 25.8. The van der Waals surface area contributed by atoms with Gasteiger partial charge in [-0.2, -0.15) is 0 Å². The van der Waals surface area contributed by atoms with Gasteiger partial charge in [-0.25, -0.2) is 8.42 Å². The molecule has 1 aromatic carbocycles. The van der Waals surface area contributed by atoms with E-state index in [1.54, 1.807) is 23.1 Å². The van der Waals surface area contributed by atoms with Crippen LogP contribution in [0.15, 0.2) is 22.7 Å². The predicted molar refractivity (Wildman–Crippen MR) is 102 cm³/mol. The molecule has 1 heterocycles. The van der Waals surface area contributed by atoms with Crippen molar-refractivity contribution in [1.29, 1.82) is 0 Å². The summed E-state index contributed by atoms with van der Waals surface area (Å²) in [5.41, 5.74) is 1.33. The molecule has 1 aliphatic heterocycles. The van der Waals surface area contributed by atoms with Crippen LogP contribution in [-0.4, -0.2) is 58.2 Å². The number of methoxy groups -OCH3 is 1. The van der Waals surface area contributed by atoms with Gasteiger partial charge in [0, 0.05) is 17.6 Å². The third kappa shape index (κ3) is 4.97. The van der Waals surface area contributed by atoms with Crippen molar-refractivity contribution in [2.45, 2.75) is 19.8 Å². The molecule has 0 saturated carbocycles. The number of likely N-dealkylation sites (tertiary alicyclic amines) is 1. The molecule has 1 amide bonds. The van der Waals surface area contributed by atoms with E-state index in [4.69, 9.17) is 4.74 Å². The number of anilines is 1. The highest BCUT2D eigenvalue weighted by Gasteiger charge is 2.30. The maximum Gasteiger partial charge on any atom is 0.308 e. The highest BCUT2D eigenvalue weighted by atomic mass is 79.9. The lowest BCUT2D eigenvalue weighted by Crippen LogP contribution is -2.46. The normalized spacial score (nSPS) is 15.6. The fraction of sp³-hybridized carbons (Fsp3) is 0.529. The van der Waals surface area contributed by atoms with Crippen LogP contribution in [0.4, 0.5) is 5.69 Å². The van der Waals surface area contributed by atoms with Crippen molar-refractivity contribution in [3.05, 3.63) is 28.2 Å². The molecule has 0 N–H and O–H groups in total. The average Bonchev–Trinajstić information content (AvgIpc) is 2.60. The van der Waals surface area contributed by atoms with Crippen molar-refractivity contribution in [2.75, 3.05) is 37.3 Å². The monoisotopic (exact) mass is 446 g/mol. The van der Waals surface area contributed by atoms with Gasteiger partial charge in [-0.05, 0) is 43.5 Å². The van der Waals surface area contributed by atoms with Gasteiger partial charge in [0.1, 0.15) is 6.54 Å². The Morgan fingerprint density at radius 1 is 1.31 bits per heavy atom. The SMILES string of the molecule is COC(=O)C1CCN(C(=O)CN(c2ccc(Br)c(C)c2)S(C)(=O)=O)CC1. The van der Waals surface area contributed by atoms with Crippen molar-refractivity contribution < 1.29 is 22.7 Å². The maximum absolute atomic E-state index is 12.6. The van der Waals surface area contributed by atoms with Gasteiger partial charge in [0.2, 0.25) is 15.9 Å². The molecule has 0 spiro atoms. The van der Waals surface area contributed by atoms with E-state index in [9.17, 15) is 18.0 Å². The number of rotatable bonds is 5. The minimum Gasteiger partial charge on any atom is -0.469 e. The van der Waals surface area contributed by atoms with Gasteiger partial charge >= 0.3 is 5.97 Å². The lowest BCUT2D eigenvalue weighted by Gasteiger charge is -2.32. The largest absolute Gasteiger partial charge is 0.469 e. The van der Waals surface area contributed by atoms with Gasteiger partial charge in [0.15, 0.2) is 0 Å². The van der Waals surface area contributed by atoms with E-state index in [1.165, 1.54) is 7.11 Å². The Morgan fingerprint density at radius 3 is 2.42 bits per heavy atom. The lowest BCUT2D eigenvalue weighted by molar-refractivity contribution is -0.148. The van der Waals surface area contributed by atoms with Crippen LogP contribution in [-0.2, 0) is 24.3 Å². The number of esters is 1. The van der Waals surface area contributed by atoms with Gasteiger partial charge in [0.25, 0.3) is 0 Å². The molecule has 0 radical (unpaired) electrons. The Labute approximate surface area is 162 Å². The van der Waals surface area contributed by atoms with Crippen molar-refractivity contribution in [1.82, 2.24) is 4.90 Å². The van der Waals surface area contributed by atoms with Crippen molar-refractivity contribution in [2.24, 2.45) is 5.92 Å². The molecule has 1 aliphatic rings. The van der Waals surface area contributed by atoms with E-state index < -0.39 is 10.0 Å². The minimum absolute atomic E-state index is 0.204. The Hall–Kier alpha value is -1.61. The average molecular weight is 447 g/mol. The molecule has 1 fully saturated rings. The number of ether oxygens (including phenoxy) is 1. The van der Waals surface area contributed by atoms with Crippen LogP contribution in [0.3, 0.4) is 0 Å². The standard InChI is InChI=1S/C17H23BrN2O5S/c1-12-10-14(4-5-15(12)18)20(26(3,23)24)11-16(21)19-8-6-13(7-9-19)17(22)25-2/h4-5,10,13H,6-9,11H2,1-3H3. The second kappa shape index (κ2) is 8.39. The second-order valence-corrected chi connectivity index (χ2v) is 9.14. The Bertz CT molecular complexity index is 788. The van der Waals surface area contributed by atoms with Crippen molar-refractivity contribution in [3.8, 4) is 0 Å². The number of aryl methyl sites for hydroxylation is 1. The zero-order valence-corrected chi connectivity index (χ0v) is 17.5. The summed E-state index contributed by atoms with van der Waals surface area (Å²) in [7, 11) is -2.26. The van der Waals surface area contributed by atoms with Crippen LogP contribution >= 0.6 is 15.9 Å². The zero-order valence-electron chi connectivity index (χ0n) is 15.1. The number of benzene rings is 1. The molecule has 0 atom stereocenters. The van der Waals surface area contributed by atoms with Crippen LogP contribution in [0.1, 0.15) is 18.4 Å². The smallest absolute Gasteiger partial charge is 0.308 e. The number of carbonyl (C=O) groups excluding carboxylic acids is 2. The topological polar surface area (TPSA) is 84.0 Å². The summed E-state index contributed by atoms with van der Waals surface area (Å²) in [5, 5.41) is 0. The quantitative estimate of drug-likeness (QED) is 0.645. The first-order valence-electron chi connectivity index (χ1n) is 8.23. The van der Waals surface area contributed by atoms with E-state index in [0.717, 1.165) is 20.6 Å². The van der Waals surface area contributed by atoms with Gasteiger partial charge in [0.05, 0.1) is 25.0 Å². The summed E-state index contributed by atoms with van der Waals surface area (Å²) in [6, 6.07) is 5.14. The molecule has 1 aromatic rings. The number of piperidine rings is 1. The van der Waals surface area contributed by atoms with Crippen molar-refractivity contribution in [3.63, 3.8) is 0 Å². The van der Waals surface area contributed by atoms with Crippen LogP contribution in [0, 0.1) is 12.8 Å². The Kier molecular flexibility index (Phi) is 6.68. The van der Waals surface area contributed by atoms with Crippen LogP contribution in [0.2, 0.25) is 0 Å². The van der Waals surface area contributed by atoms with Crippen LogP contribution < -0.4 is 4.31 Å². The van der Waals surface area contributed by atoms with Crippen LogP contribution in [0.25, 0.3) is 0 Å². The van der Waals surface area contributed by atoms with E-state index in [1.807, 2.05) is 6.92 Å². The summed E-state index contributed by atoms with van der Waals surface area (Å²) in [5.74, 6) is -0.747. The predicted octanol–water partition coefficient (Wildman–Crippen LogP) is 1.94. The second-order valence-electron chi connectivity index (χ2n) is 6.38. The van der Waals surface area contributed by atoms with E-state index in [2.05, 4.69) is 15.9 Å². The molecule has 0 unspecified atom stereocenters. The minimum atomic E-state index is -3.61. The molecular formula is C17H23BrN2O5S. The third-order valence-corrected chi connectivity index (χ3v) is 6.52. The van der Waals surface area contributed by atoms with Gasteiger partial charge in [-0.3, -0.25) is 13.9 Å². The summed E-state index contributed by atoms with van der Waals surface area (Å²) < 4.78 is 31.1. The molecule has 26 heavy (non-hydrogen) atoms. The third-order valence-electron chi connectivity index (χ3n) is 4.49. The molecule has 2 rings (SSSR count). The number of sulfonamides is 1. The van der Waals surface area contributed by atoms with E-state index in [0.29, 0.717) is 31.6 Å². The number of amides is 1. The molecule has 144 valence electrons. The van der Waals surface area contributed by atoms with E-state index >= 15 is 0 Å². The molecule has 0 bridgehead atoms. The van der Waals surface area contributed by atoms with Gasteiger partial charge < -0.3 is 9.64 Å². The summed E-state index contributed by atoms with van der Waals surface area (Å²) in [6.07, 6.45) is 2.13. The summed E-state index contributed by atoms with van der Waals surface area (Å²) in [6.45, 7) is 2.42. The molecule has 0 aromatic heterocycles. The maximum atomic E-state index is 12.6. The zero-order chi connectivity index (χ0) is 19.5. The van der Waals surface area contributed by atoms with Crippen LogP contribution in [0.5, 0.6) is 0 Å². The molecule has 9 heteroatoms. The number of halogens is 1. The highest BCUT2D eigenvalue weighted by Crippen LogP contribution is 2.25.